The third-order valence-corrected chi connectivity index (χ3v) is 2.41. The van der Waals surface area contributed by atoms with Crippen LogP contribution in [0.25, 0.3) is 0 Å². The number of anilines is 1. The van der Waals surface area contributed by atoms with Crippen LogP contribution in [0.5, 0.6) is 11.8 Å². The Labute approximate surface area is 110 Å². The monoisotopic (exact) mass is 259 g/mol. The minimum atomic E-state index is -0.262. The molecular weight excluding hydrogens is 246 g/mol. The van der Waals surface area contributed by atoms with Crippen LogP contribution in [0.3, 0.4) is 0 Å². The van der Waals surface area contributed by atoms with Crippen molar-refractivity contribution in [2.75, 3.05) is 19.5 Å². The van der Waals surface area contributed by atoms with Crippen molar-refractivity contribution in [2.24, 2.45) is 0 Å². The second-order valence-electron chi connectivity index (χ2n) is 3.63. The number of carbonyl (C=O) groups excluding carboxylic acids is 1. The summed E-state index contributed by atoms with van der Waals surface area (Å²) in [4.78, 5) is 19.9. The Kier molecular flexibility index (Phi) is 3.92. The summed E-state index contributed by atoms with van der Waals surface area (Å²) in [7, 11) is 3.05. The number of methoxy groups -OCH3 is 2. The molecule has 2 rings (SSSR count). The van der Waals surface area contributed by atoms with Gasteiger partial charge in [-0.25, -0.2) is 9.97 Å². The van der Waals surface area contributed by atoms with Crippen LogP contribution in [-0.2, 0) is 0 Å². The lowest BCUT2D eigenvalue weighted by Crippen LogP contribution is -2.12. The standard InChI is InChI=1S/C13H13N3O3/c1-18-11-5-3-9(7-14-11)13(17)16-10-4-6-12(19-2)15-8-10/h3-8H,1-2H3,(H,16,17). The molecule has 6 heteroatoms. The Balaban J connectivity index is 2.06. The van der Waals surface area contributed by atoms with Crippen molar-refractivity contribution >= 4 is 11.6 Å². The Morgan fingerprint density at radius 1 is 1.00 bits per heavy atom. The second-order valence-corrected chi connectivity index (χ2v) is 3.63. The average molecular weight is 259 g/mol. The van der Waals surface area contributed by atoms with Gasteiger partial charge in [-0.15, -0.1) is 0 Å². The molecular formula is C13H13N3O3. The number of pyridine rings is 2. The number of aromatic nitrogens is 2. The maximum Gasteiger partial charge on any atom is 0.257 e. The number of nitrogens with one attached hydrogen (secondary N) is 1. The van der Waals surface area contributed by atoms with Gasteiger partial charge in [-0.2, -0.15) is 0 Å². The topological polar surface area (TPSA) is 73.3 Å². The molecule has 0 unspecified atom stereocenters. The maximum absolute atomic E-state index is 11.9. The molecule has 1 N–H and O–H groups in total. The Morgan fingerprint density at radius 3 is 2.11 bits per heavy atom. The lowest BCUT2D eigenvalue weighted by molar-refractivity contribution is 0.102. The van der Waals surface area contributed by atoms with E-state index >= 15 is 0 Å². The molecule has 2 heterocycles. The van der Waals surface area contributed by atoms with Gasteiger partial charge in [0.25, 0.3) is 5.91 Å². The molecule has 0 aromatic carbocycles. The molecule has 98 valence electrons. The summed E-state index contributed by atoms with van der Waals surface area (Å²) in [5.41, 5.74) is 1.03. The zero-order chi connectivity index (χ0) is 13.7. The molecule has 0 radical (unpaired) electrons. The summed E-state index contributed by atoms with van der Waals surface area (Å²) < 4.78 is 9.86. The SMILES string of the molecule is COc1ccc(NC(=O)c2ccc(OC)nc2)cn1. The molecule has 0 saturated carbocycles. The first-order chi connectivity index (χ1) is 9.22. The first kappa shape index (κ1) is 12.8. The van der Waals surface area contributed by atoms with Gasteiger partial charge in [0.05, 0.1) is 31.7 Å². The molecule has 19 heavy (non-hydrogen) atoms. The first-order valence-electron chi connectivity index (χ1n) is 5.54. The van der Waals surface area contributed by atoms with Gasteiger partial charge in [-0.1, -0.05) is 0 Å². The van der Waals surface area contributed by atoms with Gasteiger partial charge in [0.1, 0.15) is 0 Å². The summed E-state index contributed by atoms with van der Waals surface area (Å²) in [5.74, 6) is 0.689. The third-order valence-electron chi connectivity index (χ3n) is 2.41. The van der Waals surface area contributed by atoms with Crippen LogP contribution < -0.4 is 14.8 Å². The van der Waals surface area contributed by atoms with Crippen LogP contribution >= 0.6 is 0 Å². The van der Waals surface area contributed by atoms with Crippen LogP contribution in [0, 0.1) is 0 Å². The zero-order valence-corrected chi connectivity index (χ0v) is 10.6. The van der Waals surface area contributed by atoms with Crippen molar-refractivity contribution < 1.29 is 14.3 Å². The molecule has 0 atom stereocenters. The fraction of sp³-hybridized carbons (Fsp3) is 0.154. The van der Waals surface area contributed by atoms with Crippen LogP contribution in [-0.4, -0.2) is 30.1 Å². The van der Waals surface area contributed by atoms with E-state index in [9.17, 15) is 4.79 Å². The molecule has 0 fully saturated rings. The number of hydrogen-bond donors (Lipinski definition) is 1. The number of carbonyl (C=O) groups is 1. The number of hydrogen-bond acceptors (Lipinski definition) is 5. The van der Waals surface area contributed by atoms with Crippen molar-refractivity contribution in [3.8, 4) is 11.8 Å². The van der Waals surface area contributed by atoms with E-state index < -0.39 is 0 Å². The van der Waals surface area contributed by atoms with Crippen molar-refractivity contribution in [1.82, 2.24) is 9.97 Å². The molecule has 6 nitrogen and oxygen atoms in total. The molecule has 0 saturated heterocycles. The predicted molar refractivity (Wildman–Crippen MR) is 69.5 cm³/mol. The molecule has 0 aliphatic carbocycles. The third kappa shape index (κ3) is 3.19. The highest BCUT2D eigenvalue weighted by Crippen LogP contribution is 2.13. The highest BCUT2D eigenvalue weighted by molar-refractivity contribution is 6.03. The number of ether oxygens (including phenoxy) is 2. The summed E-state index contributed by atoms with van der Waals surface area (Å²) >= 11 is 0. The molecule has 0 aliphatic heterocycles. The lowest BCUT2D eigenvalue weighted by atomic mass is 10.2. The Morgan fingerprint density at radius 2 is 1.63 bits per heavy atom. The van der Waals surface area contributed by atoms with E-state index in [2.05, 4.69) is 15.3 Å². The number of amides is 1. The highest BCUT2D eigenvalue weighted by Gasteiger charge is 2.07. The van der Waals surface area contributed by atoms with Crippen LogP contribution in [0.2, 0.25) is 0 Å². The average Bonchev–Trinajstić information content (AvgIpc) is 2.48. The van der Waals surface area contributed by atoms with Crippen molar-refractivity contribution in [1.29, 1.82) is 0 Å². The van der Waals surface area contributed by atoms with E-state index in [0.717, 1.165) is 0 Å². The summed E-state index contributed by atoms with van der Waals surface area (Å²) in [5, 5.41) is 2.71. The Bertz CT molecular complexity index is 552. The van der Waals surface area contributed by atoms with Crippen molar-refractivity contribution in [2.45, 2.75) is 0 Å². The van der Waals surface area contributed by atoms with Gasteiger partial charge in [0, 0.05) is 18.3 Å². The number of rotatable bonds is 4. The van der Waals surface area contributed by atoms with Gasteiger partial charge >= 0.3 is 0 Å². The molecule has 2 aromatic heterocycles. The van der Waals surface area contributed by atoms with E-state index in [4.69, 9.17) is 9.47 Å². The van der Waals surface area contributed by atoms with Crippen LogP contribution in [0.4, 0.5) is 5.69 Å². The lowest BCUT2D eigenvalue weighted by Gasteiger charge is -2.06. The van der Waals surface area contributed by atoms with Gasteiger partial charge in [-0.05, 0) is 12.1 Å². The fourth-order valence-electron chi connectivity index (χ4n) is 1.41. The first-order valence-corrected chi connectivity index (χ1v) is 5.54. The largest absolute Gasteiger partial charge is 0.481 e. The van der Waals surface area contributed by atoms with Gasteiger partial charge in [0.2, 0.25) is 11.8 Å². The van der Waals surface area contributed by atoms with Gasteiger partial charge in [-0.3, -0.25) is 4.79 Å². The molecule has 2 aromatic rings. The number of nitrogens with zero attached hydrogens (tertiary/aromatic N) is 2. The van der Waals surface area contributed by atoms with E-state index in [1.807, 2.05) is 0 Å². The van der Waals surface area contributed by atoms with Crippen molar-refractivity contribution in [3.05, 3.63) is 42.2 Å². The maximum atomic E-state index is 11.9. The molecule has 0 spiro atoms. The normalized spacial score (nSPS) is 9.79. The van der Waals surface area contributed by atoms with Gasteiger partial charge in [0.15, 0.2) is 0 Å². The minimum absolute atomic E-state index is 0.262. The van der Waals surface area contributed by atoms with E-state index in [-0.39, 0.29) is 5.91 Å². The van der Waals surface area contributed by atoms with Crippen LogP contribution in [0.1, 0.15) is 10.4 Å². The smallest absolute Gasteiger partial charge is 0.257 e. The van der Waals surface area contributed by atoms with E-state index in [1.165, 1.54) is 26.6 Å². The zero-order valence-electron chi connectivity index (χ0n) is 10.6. The fourth-order valence-corrected chi connectivity index (χ4v) is 1.41. The quantitative estimate of drug-likeness (QED) is 0.905. The molecule has 0 bridgehead atoms. The van der Waals surface area contributed by atoms with E-state index in [1.54, 1.807) is 24.3 Å². The summed E-state index contributed by atoms with van der Waals surface area (Å²) in [6, 6.07) is 6.64. The summed E-state index contributed by atoms with van der Waals surface area (Å²) in [6.45, 7) is 0. The van der Waals surface area contributed by atoms with E-state index in [0.29, 0.717) is 23.0 Å². The molecule has 1 amide bonds. The predicted octanol–water partition coefficient (Wildman–Crippen LogP) is 1.75. The minimum Gasteiger partial charge on any atom is -0.481 e. The second kappa shape index (κ2) is 5.81. The van der Waals surface area contributed by atoms with Crippen LogP contribution in [0.15, 0.2) is 36.7 Å². The Hall–Kier alpha value is -2.63. The molecule has 0 aliphatic rings. The summed E-state index contributed by atoms with van der Waals surface area (Å²) in [6.07, 6.45) is 2.97. The van der Waals surface area contributed by atoms with Crippen molar-refractivity contribution in [3.63, 3.8) is 0 Å². The van der Waals surface area contributed by atoms with Gasteiger partial charge < -0.3 is 14.8 Å². The highest BCUT2D eigenvalue weighted by atomic mass is 16.5.